The van der Waals surface area contributed by atoms with Crippen molar-refractivity contribution in [1.29, 1.82) is 0 Å². The molecular formula is C99H120Ir3N3O6-3. The number of hydrogen-bond acceptors (Lipinski definition) is 9. The van der Waals surface area contributed by atoms with Crippen LogP contribution < -0.4 is 0 Å². The average molecular weight is 2020 g/mol. The number of benzene rings is 6. The molecule has 0 amide bonds. The molecule has 12 heteroatoms. The Bertz CT molecular complexity index is 4580. The topological polar surface area (TPSA) is 151 Å². The van der Waals surface area contributed by atoms with E-state index in [0.717, 1.165) is 50.5 Å². The van der Waals surface area contributed by atoms with Crippen LogP contribution in [0.25, 0.3) is 67.2 Å². The van der Waals surface area contributed by atoms with Gasteiger partial charge in [-0.25, -0.2) is 0 Å². The molecule has 6 aromatic carbocycles. The number of pyridine rings is 3. The van der Waals surface area contributed by atoms with Crippen molar-refractivity contribution in [2.75, 3.05) is 0 Å². The molecular weight excluding hydrogens is 1900 g/mol. The minimum Gasteiger partial charge on any atom is -0.512 e. The molecule has 3 aliphatic rings. The fraction of sp³-hybridized carbons (Fsp3) is 0.394. The first-order chi connectivity index (χ1) is 50.7. The smallest absolute Gasteiger partial charge is 0.159 e. The second-order valence-corrected chi connectivity index (χ2v) is 34.0. The minimum absolute atomic E-state index is 0. The zero-order valence-electron chi connectivity index (χ0n) is 70.2. The third-order valence-corrected chi connectivity index (χ3v) is 19.3. The van der Waals surface area contributed by atoms with Crippen molar-refractivity contribution in [3.8, 4) is 67.2 Å². The predicted octanol–water partition coefficient (Wildman–Crippen LogP) is 25.7. The molecule has 597 valence electrons. The van der Waals surface area contributed by atoms with Crippen molar-refractivity contribution < 1.29 is 90.0 Å². The SMILES string of the molecule is CC(C)CC(=O)C=C(O)CC(C)C.CC(C)CC(=O)C=C(O)CC(C)C.CC(C)CC(=O)C=C(O)CC(C)C.Cc1[c-]c(-c2cc3c(cn2)-c2ccccc2C3(C)C)cc(C)c1.Cc1[c-]c(-c2cc3c(cn2)C(C)(C)c2ccccc2-3)cc(C)c1.Cc1[c-]c(-c2nccc3c2C(C)(C)c2ccccc2-3)cc(C)c1.[Ir].[Ir].[Ir]. The molecule has 3 heterocycles. The van der Waals surface area contributed by atoms with Crippen LogP contribution in [0.2, 0.25) is 0 Å². The normalized spacial score (nSPS) is 13.4. The summed E-state index contributed by atoms with van der Waals surface area (Å²) in [7, 11) is 0. The number of carbonyl (C=O) groups is 3. The number of nitrogens with zero attached hydrogens (tertiary/aromatic N) is 3. The summed E-state index contributed by atoms with van der Waals surface area (Å²) in [6.07, 6.45) is 13.4. The van der Waals surface area contributed by atoms with Gasteiger partial charge in [-0.3, -0.25) is 14.4 Å². The van der Waals surface area contributed by atoms with E-state index in [0.29, 0.717) is 74.0 Å². The third-order valence-electron chi connectivity index (χ3n) is 19.3. The number of carbonyl (C=O) groups excluding carboxylic acids is 3. The maximum absolute atomic E-state index is 11.2. The molecule has 0 atom stereocenters. The fourth-order valence-electron chi connectivity index (χ4n) is 14.9. The molecule has 0 unspecified atom stereocenters. The Morgan fingerprint density at radius 3 is 1.06 bits per heavy atom. The Hall–Kier alpha value is -7.65. The molecule has 3 aromatic heterocycles. The summed E-state index contributed by atoms with van der Waals surface area (Å²) < 4.78 is 0. The van der Waals surface area contributed by atoms with Gasteiger partial charge in [-0.1, -0.05) is 251 Å². The average Bonchev–Trinajstić information content (AvgIpc) is 1.60. The predicted molar refractivity (Wildman–Crippen MR) is 451 cm³/mol. The van der Waals surface area contributed by atoms with E-state index in [9.17, 15) is 29.7 Å². The number of fused-ring (bicyclic) bond motifs is 9. The molecule has 0 fully saturated rings. The molecule has 0 saturated heterocycles. The molecule has 9 nitrogen and oxygen atoms in total. The summed E-state index contributed by atoms with van der Waals surface area (Å²) in [5.41, 5.74) is 29.6. The summed E-state index contributed by atoms with van der Waals surface area (Å²) in [4.78, 5) is 47.9. The van der Waals surface area contributed by atoms with Crippen molar-refractivity contribution >= 4 is 17.3 Å². The van der Waals surface area contributed by atoms with Crippen molar-refractivity contribution in [3.05, 3.63) is 266 Å². The van der Waals surface area contributed by atoms with Crippen LogP contribution in [0.5, 0.6) is 0 Å². The number of ketones is 3. The van der Waals surface area contributed by atoms with Gasteiger partial charge in [0.1, 0.15) is 0 Å². The first-order valence-corrected chi connectivity index (χ1v) is 38.8. The molecule has 111 heavy (non-hydrogen) atoms. The molecule has 12 rings (SSSR count). The van der Waals surface area contributed by atoms with E-state index < -0.39 is 0 Å². The second kappa shape index (κ2) is 42.5. The summed E-state index contributed by atoms with van der Waals surface area (Å²) in [5.74, 6) is 2.94. The molecule has 0 bridgehead atoms. The Labute approximate surface area is 706 Å². The maximum Gasteiger partial charge on any atom is 0.159 e. The van der Waals surface area contributed by atoms with E-state index in [1.54, 1.807) is 0 Å². The van der Waals surface area contributed by atoms with Crippen LogP contribution in [0.15, 0.2) is 181 Å². The number of aromatic nitrogens is 3. The fourth-order valence-corrected chi connectivity index (χ4v) is 14.9. The molecule has 3 aliphatic carbocycles. The van der Waals surface area contributed by atoms with E-state index in [4.69, 9.17) is 15.0 Å². The Morgan fingerprint density at radius 2 is 0.676 bits per heavy atom. The first kappa shape index (κ1) is 95.7. The monoisotopic (exact) mass is 2030 g/mol. The zero-order chi connectivity index (χ0) is 79.9. The van der Waals surface area contributed by atoms with Crippen LogP contribution >= 0.6 is 0 Å². The Kier molecular flexibility index (Phi) is 36.6. The molecule has 3 N–H and O–H groups in total. The van der Waals surface area contributed by atoms with E-state index >= 15 is 0 Å². The van der Waals surface area contributed by atoms with Crippen LogP contribution in [0.4, 0.5) is 0 Å². The Balaban J connectivity index is 0.000000286. The summed E-state index contributed by atoms with van der Waals surface area (Å²) in [6, 6.07) is 56.0. The summed E-state index contributed by atoms with van der Waals surface area (Å²) in [6.45, 7) is 50.4. The molecule has 0 saturated carbocycles. The summed E-state index contributed by atoms with van der Waals surface area (Å²) >= 11 is 0. The van der Waals surface area contributed by atoms with E-state index in [1.807, 2.05) is 95.5 Å². The minimum atomic E-state index is -0.0407. The van der Waals surface area contributed by atoms with Gasteiger partial charge < -0.3 is 30.3 Å². The van der Waals surface area contributed by atoms with Gasteiger partial charge in [-0.2, -0.15) is 0 Å². The van der Waals surface area contributed by atoms with E-state index in [2.05, 4.69) is 235 Å². The standard InChI is InChI=1S/3C22H20N.3C11H20O2.3Ir/c1-14-9-15(2)11-16(10-14)21-12-20-18(13-23-21)17-7-5-6-8-19(17)22(20,3)4;1-14-9-15(2)11-16(10-14)21-12-18-17-7-5-6-8-19(17)22(3,4)20(18)13-23-21;1-14-11-15(2)13-16(12-14)21-20-18(9-10-23-21)17-7-5-6-8-19(17)22(20,3)4;3*1-8(2)5-10(12)7-11(13)6-9(3)4;;;/h2*5-10,12-13H,1-4H3;5-12H,1-4H3;3*7-9,12H,5-6H2,1-4H3;;;/q3*-1;;;;;;. The van der Waals surface area contributed by atoms with Gasteiger partial charge in [0.05, 0.1) is 17.3 Å². The quantitative estimate of drug-likeness (QED) is 0.0433. The molecule has 3 radical (unpaired) electrons. The van der Waals surface area contributed by atoms with Crippen LogP contribution in [0.1, 0.15) is 230 Å². The maximum atomic E-state index is 11.2. The number of aliphatic hydroxyl groups excluding tert-OH is 3. The zero-order valence-corrected chi connectivity index (χ0v) is 77.4. The van der Waals surface area contributed by atoms with E-state index in [1.165, 1.54) is 102 Å². The van der Waals surface area contributed by atoms with Crippen molar-refractivity contribution in [1.82, 2.24) is 15.0 Å². The second-order valence-electron chi connectivity index (χ2n) is 34.0. The number of aryl methyl sites for hydroxylation is 6. The number of rotatable bonds is 18. The summed E-state index contributed by atoms with van der Waals surface area (Å²) in [5, 5.41) is 28.0. The number of aliphatic hydroxyl groups is 3. The van der Waals surface area contributed by atoms with Crippen LogP contribution in [-0.4, -0.2) is 47.6 Å². The van der Waals surface area contributed by atoms with Crippen LogP contribution in [0.3, 0.4) is 0 Å². The van der Waals surface area contributed by atoms with Gasteiger partial charge in [0.2, 0.25) is 0 Å². The number of allylic oxidation sites excluding steroid dienone is 6. The van der Waals surface area contributed by atoms with Crippen LogP contribution in [-0.2, 0) is 90.9 Å². The molecule has 0 spiro atoms. The third kappa shape index (κ3) is 26.5. The first-order valence-electron chi connectivity index (χ1n) is 38.8. The van der Waals surface area contributed by atoms with Crippen LogP contribution in [0, 0.1) is 95.2 Å². The molecule has 0 aliphatic heterocycles. The molecule has 9 aromatic rings. The van der Waals surface area contributed by atoms with Crippen molar-refractivity contribution in [3.63, 3.8) is 0 Å². The van der Waals surface area contributed by atoms with Crippen molar-refractivity contribution in [2.24, 2.45) is 35.5 Å². The van der Waals surface area contributed by atoms with Gasteiger partial charge in [0.25, 0.3) is 0 Å². The number of hydrogen-bond donors (Lipinski definition) is 3. The van der Waals surface area contributed by atoms with Gasteiger partial charge in [0.15, 0.2) is 17.3 Å². The van der Waals surface area contributed by atoms with Gasteiger partial charge in [-0.15, -0.1) is 105 Å². The van der Waals surface area contributed by atoms with Gasteiger partial charge in [0, 0.05) is 157 Å². The Morgan fingerprint density at radius 1 is 0.351 bits per heavy atom. The van der Waals surface area contributed by atoms with E-state index in [-0.39, 0.29) is 111 Å². The van der Waals surface area contributed by atoms with Gasteiger partial charge >= 0.3 is 0 Å². The van der Waals surface area contributed by atoms with Gasteiger partial charge in [-0.05, 0) is 120 Å². The largest absolute Gasteiger partial charge is 0.512 e. The van der Waals surface area contributed by atoms with Crippen molar-refractivity contribution in [2.45, 2.75) is 221 Å².